The van der Waals surface area contributed by atoms with E-state index in [4.69, 9.17) is 16.6 Å². The molecule has 6 rings (SSSR count). The molecule has 3 aliphatic rings. The molecule has 204 valence electrons. The van der Waals surface area contributed by atoms with Crippen molar-refractivity contribution in [2.75, 3.05) is 31.5 Å². The summed E-state index contributed by atoms with van der Waals surface area (Å²) in [4.78, 5) is 24.7. The van der Waals surface area contributed by atoms with E-state index in [9.17, 15) is 4.79 Å². The Kier molecular flexibility index (Phi) is 7.85. The van der Waals surface area contributed by atoms with Crippen LogP contribution < -0.4 is 10.6 Å². The van der Waals surface area contributed by atoms with Gasteiger partial charge in [-0.1, -0.05) is 60.1 Å². The van der Waals surface area contributed by atoms with Crippen LogP contribution in [0.3, 0.4) is 0 Å². The lowest BCUT2D eigenvalue weighted by Gasteiger charge is -2.44. The van der Waals surface area contributed by atoms with E-state index in [-0.39, 0.29) is 12.0 Å². The predicted molar refractivity (Wildman–Crippen MR) is 158 cm³/mol. The Labute approximate surface area is 236 Å². The van der Waals surface area contributed by atoms with Gasteiger partial charge in [-0.15, -0.1) is 0 Å². The third kappa shape index (κ3) is 5.97. The predicted octanol–water partition coefficient (Wildman–Crippen LogP) is 6.43. The number of piperidine rings is 2. The first-order valence-corrected chi connectivity index (χ1v) is 14.9. The summed E-state index contributed by atoms with van der Waals surface area (Å²) in [6.45, 7) is 3.86. The first-order valence-electron chi connectivity index (χ1n) is 14.5. The zero-order chi connectivity index (χ0) is 26.7. The van der Waals surface area contributed by atoms with E-state index in [1.165, 1.54) is 25.7 Å². The summed E-state index contributed by atoms with van der Waals surface area (Å²) in [6.07, 6.45) is 10.6. The molecule has 2 aromatic carbocycles. The van der Waals surface area contributed by atoms with Crippen molar-refractivity contribution >= 4 is 23.5 Å². The summed E-state index contributed by atoms with van der Waals surface area (Å²) in [5.74, 6) is 1.17. The Morgan fingerprint density at radius 2 is 1.59 bits per heavy atom. The number of nitrogens with zero attached hydrogens (tertiary/aromatic N) is 3. The van der Waals surface area contributed by atoms with E-state index in [1.807, 2.05) is 30.3 Å². The average molecular weight is 544 g/mol. The molecule has 1 amide bonds. The van der Waals surface area contributed by atoms with Crippen LogP contribution in [-0.4, -0.2) is 53.0 Å². The highest BCUT2D eigenvalue weighted by Crippen LogP contribution is 2.45. The van der Waals surface area contributed by atoms with Gasteiger partial charge in [0, 0.05) is 30.6 Å². The Balaban J connectivity index is 1.05. The van der Waals surface area contributed by atoms with E-state index >= 15 is 0 Å². The molecule has 2 saturated heterocycles. The van der Waals surface area contributed by atoms with Crippen molar-refractivity contribution in [3.8, 4) is 22.4 Å². The molecule has 3 heterocycles. The fraction of sp³-hybridized carbons (Fsp3) is 0.469. The fourth-order valence-electron chi connectivity index (χ4n) is 6.73. The van der Waals surface area contributed by atoms with E-state index in [1.54, 1.807) is 6.20 Å². The van der Waals surface area contributed by atoms with Gasteiger partial charge in [-0.25, -0.2) is 9.97 Å². The van der Waals surface area contributed by atoms with Crippen LogP contribution in [0.1, 0.15) is 51.4 Å². The lowest BCUT2D eigenvalue weighted by molar-refractivity contribution is -0.138. The van der Waals surface area contributed by atoms with Crippen LogP contribution in [0.5, 0.6) is 0 Å². The highest BCUT2D eigenvalue weighted by Gasteiger charge is 2.39. The van der Waals surface area contributed by atoms with E-state index in [0.717, 1.165) is 74.2 Å². The highest BCUT2D eigenvalue weighted by atomic mass is 35.5. The van der Waals surface area contributed by atoms with Gasteiger partial charge in [-0.2, -0.15) is 0 Å². The number of likely N-dealkylation sites (tertiary alicyclic amines) is 1. The van der Waals surface area contributed by atoms with Gasteiger partial charge in [0.1, 0.15) is 0 Å². The Bertz CT molecular complexity index is 1270. The summed E-state index contributed by atoms with van der Waals surface area (Å²) in [6, 6.07) is 18.8. The molecule has 3 fully saturated rings. The van der Waals surface area contributed by atoms with Crippen molar-refractivity contribution in [2.24, 2.45) is 11.3 Å². The molecule has 0 radical (unpaired) electrons. The lowest BCUT2D eigenvalue weighted by Crippen LogP contribution is -2.47. The number of carbonyl (C=O) groups excluding carboxylic acids is 1. The number of carbonyl (C=O) groups is 1. The Morgan fingerprint density at radius 1 is 0.897 bits per heavy atom. The van der Waals surface area contributed by atoms with Crippen molar-refractivity contribution in [3.05, 3.63) is 65.8 Å². The van der Waals surface area contributed by atoms with Crippen LogP contribution in [0.25, 0.3) is 22.4 Å². The van der Waals surface area contributed by atoms with Crippen molar-refractivity contribution < 1.29 is 4.79 Å². The number of hydrogen-bond acceptors (Lipinski definition) is 5. The molecule has 1 spiro atoms. The molecule has 2 aliphatic heterocycles. The second kappa shape index (κ2) is 11.6. The maximum absolute atomic E-state index is 13.3. The molecule has 0 atom stereocenters. The van der Waals surface area contributed by atoms with Gasteiger partial charge in [0.05, 0.1) is 16.9 Å². The number of rotatable bonds is 5. The summed E-state index contributed by atoms with van der Waals surface area (Å²) in [5.41, 5.74) is 4.47. The summed E-state index contributed by atoms with van der Waals surface area (Å²) >= 11 is 6.55. The van der Waals surface area contributed by atoms with Crippen molar-refractivity contribution in [1.82, 2.24) is 20.2 Å². The molecule has 2 N–H and O–H groups in total. The first-order chi connectivity index (χ1) is 19.1. The van der Waals surface area contributed by atoms with Gasteiger partial charge in [0.25, 0.3) is 0 Å². The third-order valence-corrected chi connectivity index (χ3v) is 9.46. The molecule has 1 aromatic heterocycles. The largest absolute Gasteiger partial charge is 0.351 e. The number of hydrogen-bond donors (Lipinski definition) is 2. The Hall–Kier alpha value is -2.96. The molecule has 3 aromatic rings. The standard InChI is InChI=1S/C32H38ClN5O/c33-28-22-35-31(37-29(28)26-8-4-7-25(21-26)23-5-2-1-3-6-23)36-27-11-19-38(20-12-27)30(39)24-9-13-32(14-10-24)15-17-34-18-16-32/h1-8,21-22,24,27,34H,9-20H2,(H,35,36,37). The van der Waals surface area contributed by atoms with E-state index in [2.05, 4.69) is 44.8 Å². The smallest absolute Gasteiger partial charge is 0.225 e. The first kappa shape index (κ1) is 26.3. The van der Waals surface area contributed by atoms with Crippen LogP contribution in [-0.2, 0) is 4.79 Å². The molecule has 6 nitrogen and oxygen atoms in total. The SMILES string of the molecule is O=C(C1CCC2(CCNCC2)CC1)N1CCC(Nc2ncc(Cl)c(-c3cccc(-c4ccccc4)c3)n2)CC1. The Morgan fingerprint density at radius 3 is 2.33 bits per heavy atom. The van der Waals surface area contributed by atoms with Gasteiger partial charge >= 0.3 is 0 Å². The number of aromatic nitrogens is 2. The molecule has 0 bridgehead atoms. The summed E-state index contributed by atoms with van der Waals surface area (Å²) in [7, 11) is 0. The summed E-state index contributed by atoms with van der Waals surface area (Å²) < 4.78 is 0. The topological polar surface area (TPSA) is 70.2 Å². The monoisotopic (exact) mass is 543 g/mol. The van der Waals surface area contributed by atoms with E-state index in [0.29, 0.717) is 22.3 Å². The minimum Gasteiger partial charge on any atom is -0.351 e. The molecular formula is C32H38ClN5O. The van der Waals surface area contributed by atoms with Crippen LogP contribution in [0.15, 0.2) is 60.8 Å². The maximum Gasteiger partial charge on any atom is 0.225 e. The van der Waals surface area contributed by atoms with Gasteiger partial charge in [0.15, 0.2) is 0 Å². The number of amides is 1. The molecule has 1 aliphatic carbocycles. The number of benzene rings is 2. The van der Waals surface area contributed by atoms with Crippen molar-refractivity contribution in [1.29, 1.82) is 0 Å². The van der Waals surface area contributed by atoms with Crippen molar-refractivity contribution in [3.63, 3.8) is 0 Å². The second-order valence-electron chi connectivity index (χ2n) is 11.6. The molecular weight excluding hydrogens is 506 g/mol. The molecule has 39 heavy (non-hydrogen) atoms. The number of anilines is 1. The van der Waals surface area contributed by atoms with Crippen molar-refractivity contribution in [2.45, 2.75) is 57.4 Å². The third-order valence-electron chi connectivity index (χ3n) is 9.19. The number of nitrogens with one attached hydrogen (secondary N) is 2. The van der Waals surface area contributed by atoms with Crippen LogP contribution in [0.4, 0.5) is 5.95 Å². The zero-order valence-corrected chi connectivity index (χ0v) is 23.3. The van der Waals surface area contributed by atoms with E-state index < -0.39 is 0 Å². The van der Waals surface area contributed by atoms with Gasteiger partial charge in [-0.05, 0) is 87.1 Å². The zero-order valence-electron chi connectivity index (χ0n) is 22.5. The minimum atomic E-state index is 0.212. The maximum atomic E-state index is 13.3. The highest BCUT2D eigenvalue weighted by molar-refractivity contribution is 6.32. The fourth-order valence-corrected chi connectivity index (χ4v) is 6.94. The van der Waals surface area contributed by atoms with Crippen LogP contribution in [0, 0.1) is 11.3 Å². The minimum absolute atomic E-state index is 0.212. The molecule has 0 unspecified atom stereocenters. The molecule has 7 heteroatoms. The normalized spacial score (nSPS) is 20.2. The average Bonchev–Trinajstić information content (AvgIpc) is 2.99. The van der Waals surface area contributed by atoms with Gasteiger partial charge < -0.3 is 15.5 Å². The quantitative estimate of drug-likeness (QED) is 0.388. The molecule has 1 saturated carbocycles. The number of halogens is 1. The second-order valence-corrected chi connectivity index (χ2v) is 12.0. The summed E-state index contributed by atoms with van der Waals surface area (Å²) in [5, 5.41) is 7.54. The van der Waals surface area contributed by atoms with Crippen LogP contribution >= 0.6 is 11.6 Å². The lowest BCUT2D eigenvalue weighted by atomic mass is 9.65. The van der Waals surface area contributed by atoms with Gasteiger partial charge in [0.2, 0.25) is 11.9 Å². The van der Waals surface area contributed by atoms with Gasteiger partial charge in [-0.3, -0.25) is 4.79 Å². The van der Waals surface area contributed by atoms with Crippen LogP contribution in [0.2, 0.25) is 5.02 Å².